The van der Waals surface area contributed by atoms with Crippen molar-refractivity contribution in [2.75, 3.05) is 29.1 Å². The fourth-order valence-corrected chi connectivity index (χ4v) is 1.88. The number of aromatic nitrogens is 1. The van der Waals surface area contributed by atoms with Gasteiger partial charge in [0.15, 0.2) is 0 Å². The molecule has 0 spiro atoms. The highest BCUT2D eigenvalue weighted by atomic mass is 35.5. The van der Waals surface area contributed by atoms with Crippen LogP contribution in [0.25, 0.3) is 0 Å². The quantitative estimate of drug-likeness (QED) is 0.774. The van der Waals surface area contributed by atoms with Gasteiger partial charge in [-0.1, -0.05) is 18.5 Å². The van der Waals surface area contributed by atoms with Gasteiger partial charge in [0, 0.05) is 40.6 Å². The maximum absolute atomic E-state index is 11.1. The minimum atomic E-state index is -0.766. The standard InChI is InChI=1S/C9H14ClN3OS/c1-2-15(14)4-3-12-9-6-7(11)5-8(10)13-9/h5-6H,2-4H2,1H3,(H3,11,12,13). The van der Waals surface area contributed by atoms with Gasteiger partial charge < -0.3 is 11.1 Å². The summed E-state index contributed by atoms with van der Waals surface area (Å²) < 4.78 is 11.1. The first-order chi connectivity index (χ1) is 7.11. The molecule has 0 radical (unpaired) electrons. The van der Waals surface area contributed by atoms with Crippen LogP contribution < -0.4 is 11.1 Å². The number of nitrogens with zero attached hydrogens (tertiary/aromatic N) is 1. The van der Waals surface area contributed by atoms with Gasteiger partial charge in [0.1, 0.15) is 11.0 Å². The lowest BCUT2D eigenvalue weighted by Crippen LogP contribution is -2.12. The number of pyridine rings is 1. The number of nitrogens with one attached hydrogen (secondary N) is 1. The SMILES string of the molecule is CCS(=O)CCNc1cc(N)cc(Cl)n1. The minimum Gasteiger partial charge on any atom is -0.399 e. The first-order valence-electron chi connectivity index (χ1n) is 4.63. The van der Waals surface area contributed by atoms with E-state index in [9.17, 15) is 4.21 Å². The third-order valence-electron chi connectivity index (χ3n) is 1.77. The first kappa shape index (κ1) is 12.3. The number of nitrogens with two attached hydrogens (primary N) is 1. The lowest BCUT2D eigenvalue weighted by atomic mass is 10.4. The molecule has 1 aromatic heterocycles. The molecule has 0 aromatic carbocycles. The van der Waals surface area contributed by atoms with Gasteiger partial charge in [0.05, 0.1) is 0 Å². The molecular weight excluding hydrogens is 234 g/mol. The molecule has 0 amide bonds. The van der Waals surface area contributed by atoms with E-state index < -0.39 is 10.8 Å². The summed E-state index contributed by atoms with van der Waals surface area (Å²) in [6, 6.07) is 3.28. The van der Waals surface area contributed by atoms with E-state index in [4.69, 9.17) is 17.3 Å². The van der Waals surface area contributed by atoms with Crippen molar-refractivity contribution in [1.29, 1.82) is 0 Å². The van der Waals surface area contributed by atoms with Gasteiger partial charge in [-0.2, -0.15) is 0 Å². The zero-order chi connectivity index (χ0) is 11.3. The number of rotatable bonds is 5. The van der Waals surface area contributed by atoms with Crippen LogP contribution in [0.4, 0.5) is 11.5 Å². The van der Waals surface area contributed by atoms with Crippen LogP contribution in [0.5, 0.6) is 0 Å². The Hall–Kier alpha value is -0.810. The van der Waals surface area contributed by atoms with E-state index >= 15 is 0 Å². The topological polar surface area (TPSA) is 68.0 Å². The molecule has 0 aliphatic rings. The van der Waals surface area contributed by atoms with Crippen molar-refractivity contribution in [2.24, 2.45) is 0 Å². The summed E-state index contributed by atoms with van der Waals surface area (Å²) in [4.78, 5) is 4.03. The molecule has 1 unspecified atom stereocenters. The lowest BCUT2D eigenvalue weighted by molar-refractivity contribution is 0.684. The van der Waals surface area contributed by atoms with Crippen molar-refractivity contribution in [1.82, 2.24) is 4.98 Å². The van der Waals surface area contributed by atoms with Crippen molar-refractivity contribution in [3.63, 3.8) is 0 Å². The van der Waals surface area contributed by atoms with Crippen LogP contribution >= 0.6 is 11.6 Å². The summed E-state index contributed by atoms with van der Waals surface area (Å²) in [6.07, 6.45) is 0. The second-order valence-electron chi connectivity index (χ2n) is 2.97. The van der Waals surface area contributed by atoms with Gasteiger partial charge in [-0.05, 0) is 6.07 Å². The number of halogens is 1. The Labute approximate surface area is 96.7 Å². The molecule has 0 saturated carbocycles. The van der Waals surface area contributed by atoms with E-state index in [0.29, 0.717) is 34.7 Å². The molecule has 0 fully saturated rings. The maximum Gasteiger partial charge on any atom is 0.133 e. The fourth-order valence-electron chi connectivity index (χ4n) is 1.04. The van der Waals surface area contributed by atoms with Crippen molar-refractivity contribution >= 4 is 33.9 Å². The molecule has 1 rings (SSSR count). The van der Waals surface area contributed by atoms with E-state index in [1.54, 1.807) is 12.1 Å². The molecule has 0 aliphatic heterocycles. The Bertz CT molecular complexity index is 339. The smallest absolute Gasteiger partial charge is 0.133 e. The summed E-state index contributed by atoms with van der Waals surface area (Å²) in [7, 11) is -0.766. The van der Waals surface area contributed by atoms with Crippen LogP contribution in [0.1, 0.15) is 6.92 Å². The average molecular weight is 248 g/mol. The van der Waals surface area contributed by atoms with Crippen LogP contribution in [0.2, 0.25) is 5.15 Å². The lowest BCUT2D eigenvalue weighted by Gasteiger charge is -2.06. The molecule has 0 saturated heterocycles. The van der Waals surface area contributed by atoms with Gasteiger partial charge >= 0.3 is 0 Å². The summed E-state index contributed by atoms with van der Waals surface area (Å²) in [5, 5.41) is 3.38. The Balaban J connectivity index is 2.47. The Morgan fingerprint density at radius 2 is 2.33 bits per heavy atom. The summed E-state index contributed by atoms with van der Waals surface area (Å²) in [5.41, 5.74) is 6.16. The number of nitrogen functional groups attached to an aromatic ring is 1. The van der Waals surface area contributed by atoms with Crippen LogP contribution in [0.3, 0.4) is 0 Å². The second kappa shape index (κ2) is 5.92. The first-order valence-corrected chi connectivity index (χ1v) is 6.50. The fraction of sp³-hybridized carbons (Fsp3) is 0.444. The van der Waals surface area contributed by atoms with Gasteiger partial charge in [-0.3, -0.25) is 4.21 Å². The van der Waals surface area contributed by atoms with Crippen LogP contribution in [-0.4, -0.2) is 27.2 Å². The van der Waals surface area contributed by atoms with E-state index in [1.165, 1.54) is 0 Å². The Morgan fingerprint density at radius 1 is 1.60 bits per heavy atom. The predicted octanol–water partition coefficient (Wildman–Crippen LogP) is 1.50. The molecule has 15 heavy (non-hydrogen) atoms. The summed E-state index contributed by atoms with van der Waals surface area (Å²) in [6.45, 7) is 2.50. The zero-order valence-corrected chi connectivity index (χ0v) is 10.1. The van der Waals surface area contributed by atoms with Crippen LogP contribution in [-0.2, 0) is 10.8 Å². The third-order valence-corrected chi connectivity index (χ3v) is 3.27. The monoisotopic (exact) mass is 247 g/mol. The molecule has 0 aliphatic carbocycles. The summed E-state index contributed by atoms with van der Waals surface area (Å²) >= 11 is 5.73. The number of hydrogen-bond donors (Lipinski definition) is 2. The molecule has 1 aromatic rings. The predicted molar refractivity (Wildman–Crippen MR) is 65.7 cm³/mol. The molecule has 1 atom stereocenters. The minimum absolute atomic E-state index is 0.356. The highest BCUT2D eigenvalue weighted by Crippen LogP contribution is 2.15. The molecule has 4 nitrogen and oxygen atoms in total. The molecular formula is C9H14ClN3OS. The van der Waals surface area contributed by atoms with Crippen LogP contribution in [0, 0.1) is 0 Å². The average Bonchev–Trinajstić information content (AvgIpc) is 2.16. The molecule has 84 valence electrons. The van der Waals surface area contributed by atoms with Crippen LogP contribution in [0.15, 0.2) is 12.1 Å². The van der Waals surface area contributed by atoms with E-state index in [1.807, 2.05) is 6.92 Å². The Morgan fingerprint density at radius 3 is 2.93 bits per heavy atom. The normalized spacial score (nSPS) is 12.4. The van der Waals surface area contributed by atoms with Crippen molar-refractivity contribution in [3.8, 4) is 0 Å². The van der Waals surface area contributed by atoms with E-state index in [0.717, 1.165) is 0 Å². The van der Waals surface area contributed by atoms with E-state index in [2.05, 4.69) is 10.3 Å². The highest BCUT2D eigenvalue weighted by Gasteiger charge is 1.99. The highest BCUT2D eigenvalue weighted by molar-refractivity contribution is 7.84. The third kappa shape index (κ3) is 4.48. The van der Waals surface area contributed by atoms with Gasteiger partial charge in [0.25, 0.3) is 0 Å². The molecule has 3 N–H and O–H groups in total. The number of anilines is 2. The van der Waals surface area contributed by atoms with Crippen molar-refractivity contribution in [2.45, 2.75) is 6.92 Å². The van der Waals surface area contributed by atoms with Gasteiger partial charge in [-0.15, -0.1) is 0 Å². The maximum atomic E-state index is 11.1. The van der Waals surface area contributed by atoms with Crippen molar-refractivity contribution < 1.29 is 4.21 Å². The molecule has 6 heteroatoms. The van der Waals surface area contributed by atoms with Gasteiger partial charge in [-0.25, -0.2) is 4.98 Å². The van der Waals surface area contributed by atoms with Gasteiger partial charge in [0.2, 0.25) is 0 Å². The molecule has 1 heterocycles. The summed E-state index contributed by atoms with van der Waals surface area (Å²) in [5.74, 6) is 1.89. The second-order valence-corrected chi connectivity index (χ2v) is 5.22. The molecule has 0 bridgehead atoms. The zero-order valence-electron chi connectivity index (χ0n) is 8.50. The Kier molecular flexibility index (Phi) is 4.84. The van der Waals surface area contributed by atoms with Crippen molar-refractivity contribution in [3.05, 3.63) is 17.3 Å². The number of hydrogen-bond acceptors (Lipinski definition) is 4. The van der Waals surface area contributed by atoms with E-state index in [-0.39, 0.29) is 0 Å². The largest absolute Gasteiger partial charge is 0.399 e.